The van der Waals surface area contributed by atoms with Crippen LogP contribution in [0.5, 0.6) is 5.75 Å². The molecule has 2 aromatic rings. The molecule has 6 nitrogen and oxygen atoms in total. The minimum Gasteiger partial charge on any atom is -0.480 e. The molecule has 2 amide bonds. The highest BCUT2D eigenvalue weighted by Gasteiger charge is 2.10. The van der Waals surface area contributed by atoms with Crippen LogP contribution in [0.25, 0.3) is 0 Å². The number of hydrazone groups is 1. The average Bonchev–Trinajstić information content (AvgIpc) is 2.62. The van der Waals surface area contributed by atoms with Crippen molar-refractivity contribution in [3.05, 3.63) is 58.6 Å². The fourth-order valence-corrected chi connectivity index (χ4v) is 2.34. The van der Waals surface area contributed by atoms with Crippen LogP contribution in [-0.2, 0) is 9.59 Å². The molecule has 132 valence electrons. The van der Waals surface area contributed by atoms with Crippen molar-refractivity contribution in [1.29, 1.82) is 0 Å². The van der Waals surface area contributed by atoms with Gasteiger partial charge in [0.05, 0.1) is 11.9 Å². The van der Waals surface area contributed by atoms with Crippen LogP contribution < -0.4 is 15.5 Å². The maximum Gasteiger partial charge on any atom is 0.249 e. The fraction of sp³-hybridized carbons (Fsp3) is 0.105. The monoisotopic (exact) mass is 413 g/mol. The van der Waals surface area contributed by atoms with Gasteiger partial charge in [0.1, 0.15) is 18.8 Å². The number of hydrogen-bond donors (Lipinski definition) is 2. The molecule has 0 heterocycles. The summed E-state index contributed by atoms with van der Waals surface area (Å²) in [6.07, 6.45) is 6.24. The number of carbonyl (C=O) groups excluding carboxylic acids is 2. The van der Waals surface area contributed by atoms with E-state index in [1.165, 1.54) is 6.21 Å². The summed E-state index contributed by atoms with van der Waals surface area (Å²) in [4.78, 5) is 23.7. The first kappa shape index (κ1) is 19.2. The average molecular weight is 414 g/mol. The normalized spacial score (nSPS) is 10.2. The predicted octanol–water partition coefficient (Wildman–Crippen LogP) is 2.94. The van der Waals surface area contributed by atoms with Crippen molar-refractivity contribution in [2.24, 2.45) is 5.10 Å². The maximum atomic E-state index is 11.9. The summed E-state index contributed by atoms with van der Waals surface area (Å²) < 4.78 is 6.11. The van der Waals surface area contributed by atoms with Crippen molar-refractivity contribution in [2.45, 2.75) is 6.42 Å². The third kappa shape index (κ3) is 6.07. The predicted molar refractivity (Wildman–Crippen MR) is 104 cm³/mol. The number of benzene rings is 2. The number of para-hydroxylation sites is 2. The van der Waals surface area contributed by atoms with E-state index in [-0.39, 0.29) is 13.0 Å². The van der Waals surface area contributed by atoms with E-state index in [2.05, 4.69) is 37.7 Å². The number of nitrogens with zero attached hydrogens (tertiary/aromatic N) is 1. The van der Waals surface area contributed by atoms with Gasteiger partial charge in [-0.25, -0.2) is 5.43 Å². The summed E-state index contributed by atoms with van der Waals surface area (Å²) in [5.74, 6) is 1.95. The van der Waals surface area contributed by atoms with Gasteiger partial charge in [0, 0.05) is 10.0 Å². The molecule has 0 aliphatic heterocycles. The molecule has 2 aromatic carbocycles. The van der Waals surface area contributed by atoms with Crippen LogP contribution >= 0.6 is 15.9 Å². The lowest BCUT2D eigenvalue weighted by Gasteiger charge is -2.07. The molecule has 2 N–H and O–H groups in total. The van der Waals surface area contributed by atoms with E-state index in [1.54, 1.807) is 42.5 Å². The standard InChI is InChI=1S/C19H16BrN3O3/c1-2-11-26-17-10-6-3-7-14(17)13-21-23-19(25)12-18(24)22-16-9-5-4-8-15(16)20/h1,3-10,13H,11-12H2,(H,22,24)(H,23,25). The summed E-state index contributed by atoms with van der Waals surface area (Å²) in [5.41, 5.74) is 3.55. The molecular formula is C19H16BrN3O3. The van der Waals surface area contributed by atoms with Crippen molar-refractivity contribution >= 4 is 39.6 Å². The van der Waals surface area contributed by atoms with Crippen LogP contribution in [0.2, 0.25) is 0 Å². The van der Waals surface area contributed by atoms with Crippen LogP contribution in [0.1, 0.15) is 12.0 Å². The van der Waals surface area contributed by atoms with Crippen LogP contribution in [0, 0.1) is 12.3 Å². The van der Waals surface area contributed by atoms with E-state index >= 15 is 0 Å². The Bertz CT molecular complexity index is 859. The van der Waals surface area contributed by atoms with E-state index in [0.29, 0.717) is 17.0 Å². The molecule has 0 fully saturated rings. The summed E-state index contributed by atoms with van der Waals surface area (Å²) in [7, 11) is 0. The van der Waals surface area contributed by atoms with Crippen molar-refractivity contribution in [3.63, 3.8) is 0 Å². The number of halogens is 1. The number of carbonyl (C=O) groups is 2. The number of hydrogen-bond acceptors (Lipinski definition) is 4. The minimum absolute atomic E-state index is 0.131. The van der Waals surface area contributed by atoms with Crippen LogP contribution in [-0.4, -0.2) is 24.6 Å². The minimum atomic E-state index is -0.534. The molecule has 0 radical (unpaired) electrons. The van der Waals surface area contributed by atoms with Gasteiger partial charge < -0.3 is 10.1 Å². The molecule has 7 heteroatoms. The molecule has 0 unspecified atom stereocenters. The molecule has 26 heavy (non-hydrogen) atoms. The molecule has 0 saturated heterocycles. The Hall–Kier alpha value is -3.11. The number of rotatable bonds is 7. The van der Waals surface area contributed by atoms with Gasteiger partial charge in [-0.1, -0.05) is 30.2 Å². The first-order valence-corrected chi connectivity index (χ1v) is 8.41. The Labute approximate surface area is 159 Å². The lowest BCUT2D eigenvalue weighted by atomic mass is 10.2. The Morgan fingerprint density at radius 1 is 1.15 bits per heavy atom. The summed E-state index contributed by atoms with van der Waals surface area (Å²) in [6.45, 7) is 0.131. The van der Waals surface area contributed by atoms with Crippen LogP contribution in [0.4, 0.5) is 5.69 Å². The van der Waals surface area contributed by atoms with Gasteiger partial charge in [-0.15, -0.1) is 6.42 Å². The number of nitrogens with one attached hydrogen (secondary N) is 2. The van der Waals surface area contributed by atoms with E-state index in [1.807, 2.05) is 6.07 Å². The number of ether oxygens (including phenoxy) is 1. The Balaban J connectivity index is 1.87. The first-order valence-electron chi connectivity index (χ1n) is 7.61. The van der Waals surface area contributed by atoms with Crippen molar-refractivity contribution < 1.29 is 14.3 Å². The van der Waals surface area contributed by atoms with E-state index in [9.17, 15) is 9.59 Å². The van der Waals surface area contributed by atoms with E-state index in [0.717, 1.165) is 4.47 Å². The molecule has 0 spiro atoms. The molecule has 0 aliphatic carbocycles. The second kappa shape index (κ2) is 10.0. The van der Waals surface area contributed by atoms with E-state index < -0.39 is 11.8 Å². The zero-order valence-corrected chi connectivity index (χ0v) is 15.3. The molecule has 0 aromatic heterocycles. The van der Waals surface area contributed by atoms with Gasteiger partial charge in [0.2, 0.25) is 11.8 Å². The zero-order chi connectivity index (χ0) is 18.8. The molecule has 0 atom stereocenters. The Morgan fingerprint density at radius 3 is 2.65 bits per heavy atom. The maximum absolute atomic E-state index is 11.9. The number of amides is 2. The van der Waals surface area contributed by atoms with Crippen molar-refractivity contribution in [3.8, 4) is 18.1 Å². The summed E-state index contributed by atoms with van der Waals surface area (Å²) >= 11 is 3.32. The lowest BCUT2D eigenvalue weighted by molar-refractivity contribution is -0.126. The van der Waals surface area contributed by atoms with Crippen LogP contribution in [0.15, 0.2) is 58.1 Å². The molecule has 0 bridgehead atoms. The van der Waals surface area contributed by atoms with Gasteiger partial charge in [-0.3, -0.25) is 9.59 Å². The zero-order valence-electron chi connectivity index (χ0n) is 13.7. The fourth-order valence-electron chi connectivity index (χ4n) is 1.95. The quantitative estimate of drug-likeness (QED) is 0.317. The summed E-state index contributed by atoms with van der Waals surface area (Å²) in [6, 6.07) is 14.2. The van der Waals surface area contributed by atoms with Gasteiger partial charge in [-0.2, -0.15) is 5.10 Å². The SMILES string of the molecule is C#CCOc1ccccc1C=NNC(=O)CC(=O)Nc1ccccc1Br. The van der Waals surface area contributed by atoms with E-state index in [4.69, 9.17) is 11.2 Å². The topological polar surface area (TPSA) is 79.8 Å². The van der Waals surface area contributed by atoms with Gasteiger partial charge >= 0.3 is 0 Å². The molecule has 2 rings (SSSR count). The second-order valence-electron chi connectivity index (χ2n) is 5.03. The highest BCUT2D eigenvalue weighted by Crippen LogP contribution is 2.21. The van der Waals surface area contributed by atoms with Gasteiger partial charge in [-0.05, 0) is 40.2 Å². The largest absolute Gasteiger partial charge is 0.480 e. The smallest absolute Gasteiger partial charge is 0.249 e. The second-order valence-corrected chi connectivity index (χ2v) is 5.88. The lowest BCUT2D eigenvalue weighted by Crippen LogP contribution is -2.24. The summed E-state index contributed by atoms with van der Waals surface area (Å²) in [5, 5.41) is 6.49. The van der Waals surface area contributed by atoms with Crippen molar-refractivity contribution in [2.75, 3.05) is 11.9 Å². The van der Waals surface area contributed by atoms with Crippen molar-refractivity contribution in [1.82, 2.24) is 5.43 Å². The number of terminal acetylenes is 1. The first-order chi connectivity index (χ1) is 12.6. The Kier molecular flexibility index (Phi) is 7.40. The number of anilines is 1. The van der Waals surface area contributed by atoms with Gasteiger partial charge in [0.15, 0.2) is 0 Å². The van der Waals surface area contributed by atoms with Gasteiger partial charge in [0.25, 0.3) is 0 Å². The Morgan fingerprint density at radius 2 is 1.88 bits per heavy atom. The third-order valence-electron chi connectivity index (χ3n) is 3.09. The third-order valence-corrected chi connectivity index (χ3v) is 3.78. The molecular weight excluding hydrogens is 398 g/mol. The molecule has 0 aliphatic rings. The van der Waals surface area contributed by atoms with Crippen LogP contribution in [0.3, 0.4) is 0 Å². The highest BCUT2D eigenvalue weighted by atomic mass is 79.9. The molecule has 0 saturated carbocycles. The highest BCUT2D eigenvalue weighted by molar-refractivity contribution is 9.10.